The van der Waals surface area contributed by atoms with Gasteiger partial charge in [0.25, 0.3) is 11.8 Å². The predicted octanol–water partition coefficient (Wildman–Crippen LogP) is 2.50. The first-order valence-corrected chi connectivity index (χ1v) is 8.04. The Morgan fingerprint density at radius 3 is 2.52 bits per heavy atom. The number of benzene rings is 1. The first kappa shape index (κ1) is 18.7. The van der Waals surface area contributed by atoms with Crippen LogP contribution in [0.25, 0.3) is 0 Å². The van der Waals surface area contributed by atoms with Crippen LogP contribution in [0.3, 0.4) is 0 Å². The lowest BCUT2D eigenvalue weighted by Gasteiger charge is -2.13. The van der Waals surface area contributed by atoms with Crippen LogP contribution in [-0.2, 0) is 0 Å². The fourth-order valence-corrected chi connectivity index (χ4v) is 2.35. The predicted molar refractivity (Wildman–Crippen MR) is 92.5 cm³/mol. The minimum absolute atomic E-state index is 0.217. The number of furan rings is 1. The SMILES string of the molecule is CCOc1c(Cl)cc(C(=O)NCCNC(=O)c2ccco2)cc1OC. The Morgan fingerprint density at radius 1 is 1.20 bits per heavy atom. The van der Waals surface area contributed by atoms with Crippen LogP contribution in [0.5, 0.6) is 11.5 Å². The number of carbonyl (C=O) groups is 2. The minimum Gasteiger partial charge on any atom is -0.493 e. The molecule has 1 aromatic heterocycles. The molecule has 0 aliphatic carbocycles. The third-order valence-electron chi connectivity index (χ3n) is 3.22. The van der Waals surface area contributed by atoms with Crippen LogP contribution >= 0.6 is 11.6 Å². The van der Waals surface area contributed by atoms with Gasteiger partial charge in [-0.1, -0.05) is 11.6 Å². The van der Waals surface area contributed by atoms with E-state index in [1.165, 1.54) is 19.4 Å². The van der Waals surface area contributed by atoms with Crippen LogP contribution in [0.1, 0.15) is 27.8 Å². The van der Waals surface area contributed by atoms with Crippen molar-refractivity contribution in [3.05, 3.63) is 46.9 Å². The maximum Gasteiger partial charge on any atom is 0.287 e. The summed E-state index contributed by atoms with van der Waals surface area (Å²) in [6.07, 6.45) is 1.42. The number of carbonyl (C=O) groups excluding carboxylic acids is 2. The van der Waals surface area contributed by atoms with E-state index >= 15 is 0 Å². The van der Waals surface area contributed by atoms with Crippen LogP contribution in [0.15, 0.2) is 34.9 Å². The fraction of sp³-hybridized carbons (Fsp3) is 0.294. The molecule has 0 fully saturated rings. The second-order valence-electron chi connectivity index (χ2n) is 4.91. The van der Waals surface area contributed by atoms with E-state index < -0.39 is 0 Å². The molecule has 0 saturated heterocycles. The highest BCUT2D eigenvalue weighted by molar-refractivity contribution is 6.32. The lowest BCUT2D eigenvalue weighted by Crippen LogP contribution is -2.34. The van der Waals surface area contributed by atoms with Crippen LogP contribution < -0.4 is 20.1 Å². The molecule has 0 aliphatic rings. The number of hydrogen-bond acceptors (Lipinski definition) is 5. The normalized spacial score (nSPS) is 10.2. The monoisotopic (exact) mass is 366 g/mol. The van der Waals surface area contributed by atoms with Crippen molar-refractivity contribution in [1.82, 2.24) is 10.6 Å². The highest BCUT2D eigenvalue weighted by Crippen LogP contribution is 2.36. The van der Waals surface area contributed by atoms with Crippen molar-refractivity contribution >= 4 is 23.4 Å². The second kappa shape index (κ2) is 8.98. The summed E-state index contributed by atoms with van der Waals surface area (Å²) in [6.45, 7) is 2.76. The van der Waals surface area contributed by atoms with Crippen molar-refractivity contribution in [2.24, 2.45) is 0 Å². The molecule has 0 aliphatic heterocycles. The van der Waals surface area contributed by atoms with E-state index in [9.17, 15) is 9.59 Å². The largest absolute Gasteiger partial charge is 0.493 e. The summed E-state index contributed by atoms with van der Waals surface area (Å²) >= 11 is 6.14. The molecule has 1 aromatic carbocycles. The molecule has 2 aromatic rings. The van der Waals surface area contributed by atoms with Crippen molar-refractivity contribution in [2.45, 2.75) is 6.92 Å². The van der Waals surface area contributed by atoms with Gasteiger partial charge in [-0.15, -0.1) is 0 Å². The number of rotatable bonds is 8. The summed E-state index contributed by atoms with van der Waals surface area (Å²) in [7, 11) is 1.47. The van der Waals surface area contributed by atoms with E-state index in [0.29, 0.717) is 23.7 Å². The number of hydrogen-bond donors (Lipinski definition) is 2. The second-order valence-corrected chi connectivity index (χ2v) is 5.32. The standard InChI is InChI=1S/C17H19ClN2O5/c1-3-24-15-12(18)9-11(10-14(15)23-2)16(21)19-6-7-20-17(22)13-5-4-8-25-13/h4-5,8-10H,3,6-7H2,1-2H3,(H,19,21)(H,20,22). The van der Waals surface area contributed by atoms with Crippen molar-refractivity contribution < 1.29 is 23.5 Å². The average molecular weight is 367 g/mol. The molecule has 2 N–H and O–H groups in total. The summed E-state index contributed by atoms with van der Waals surface area (Å²) in [6, 6.07) is 6.24. The zero-order valence-corrected chi connectivity index (χ0v) is 14.7. The molecule has 0 spiro atoms. The Kier molecular flexibility index (Phi) is 6.71. The van der Waals surface area contributed by atoms with Gasteiger partial charge in [-0.3, -0.25) is 9.59 Å². The van der Waals surface area contributed by atoms with Crippen LogP contribution in [-0.4, -0.2) is 38.6 Å². The summed E-state index contributed by atoms with van der Waals surface area (Å²) in [5.41, 5.74) is 0.336. The molecule has 2 rings (SSSR count). The number of nitrogens with one attached hydrogen (secondary N) is 2. The van der Waals surface area contributed by atoms with Gasteiger partial charge in [0.2, 0.25) is 0 Å². The maximum atomic E-state index is 12.2. The third-order valence-corrected chi connectivity index (χ3v) is 3.50. The number of amides is 2. The van der Waals surface area contributed by atoms with Crippen molar-refractivity contribution in [3.8, 4) is 11.5 Å². The molecule has 2 amide bonds. The topological polar surface area (TPSA) is 89.8 Å². The van der Waals surface area contributed by atoms with Gasteiger partial charge < -0.3 is 24.5 Å². The molecule has 0 atom stereocenters. The number of methoxy groups -OCH3 is 1. The molecule has 0 unspecified atom stereocenters. The van der Waals surface area contributed by atoms with Crippen molar-refractivity contribution in [2.75, 3.05) is 26.8 Å². The zero-order valence-electron chi connectivity index (χ0n) is 13.9. The molecule has 1 heterocycles. The fourth-order valence-electron chi connectivity index (χ4n) is 2.08. The summed E-state index contributed by atoms with van der Waals surface area (Å²) < 4.78 is 15.6. The molecule has 0 bridgehead atoms. The Balaban J connectivity index is 1.90. The molecular weight excluding hydrogens is 348 g/mol. The Bertz CT molecular complexity index is 731. The minimum atomic E-state index is -0.343. The van der Waals surface area contributed by atoms with Gasteiger partial charge in [0.15, 0.2) is 17.3 Å². The zero-order chi connectivity index (χ0) is 18.2. The van der Waals surface area contributed by atoms with Gasteiger partial charge >= 0.3 is 0 Å². The van der Waals surface area contributed by atoms with Gasteiger partial charge in [-0.05, 0) is 31.2 Å². The first-order chi connectivity index (χ1) is 12.1. The van der Waals surface area contributed by atoms with Crippen LogP contribution in [0, 0.1) is 0 Å². The third kappa shape index (κ3) is 4.90. The molecule has 0 radical (unpaired) electrons. The van der Waals surface area contributed by atoms with Gasteiger partial charge in [-0.2, -0.15) is 0 Å². The lowest BCUT2D eigenvalue weighted by molar-refractivity contribution is 0.0910. The van der Waals surface area contributed by atoms with E-state index in [0.717, 1.165) is 0 Å². The highest BCUT2D eigenvalue weighted by atomic mass is 35.5. The average Bonchev–Trinajstić information content (AvgIpc) is 3.14. The smallest absolute Gasteiger partial charge is 0.287 e. The summed E-state index contributed by atoms with van der Waals surface area (Å²) in [5.74, 6) is 0.314. The highest BCUT2D eigenvalue weighted by Gasteiger charge is 2.15. The Labute approximate surface area is 150 Å². The number of halogens is 1. The Morgan fingerprint density at radius 2 is 1.92 bits per heavy atom. The van der Waals surface area contributed by atoms with Gasteiger partial charge in [-0.25, -0.2) is 0 Å². The lowest BCUT2D eigenvalue weighted by atomic mass is 10.2. The summed E-state index contributed by atoms with van der Waals surface area (Å²) in [4.78, 5) is 23.9. The van der Waals surface area contributed by atoms with Gasteiger partial charge in [0.1, 0.15) is 0 Å². The van der Waals surface area contributed by atoms with Crippen molar-refractivity contribution in [3.63, 3.8) is 0 Å². The first-order valence-electron chi connectivity index (χ1n) is 7.67. The van der Waals surface area contributed by atoms with E-state index in [-0.39, 0.29) is 35.7 Å². The molecule has 7 nitrogen and oxygen atoms in total. The molecule has 25 heavy (non-hydrogen) atoms. The summed E-state index contributed by atoms with van der Waals surface area (Å²) in [5, 5.41) is 5.61. The van der Waals surface area contributed by atoms with Crippen LogP contribution in [0.4, 0.5) is 0 Å². The Hall–Kier alpha value is -2.67. The van der Waals surface area contributed by atoms with E-state index in [4.69, 9.17) is 25.5 Å². The molecule has 0 saturated carbocycles. The quantitative estimate of drug-likeness (QED) is 0.700. The van der Waals surface area contributed by atoms with Crippen molar-refractivity contribution in [1.29, 1.82) is 0 Å². The van der Waals surface area contributed by atoms with Gasteiger partial charge in [0, 0.05) is 18.7 Å². The molecular formula is C17H19ClN2O5. The number of ether oxygens (including phenoxy) is 2. The van der Waals surface area contributed by atoms with E-state index in [2.05, 4.69) is 10.6 Å². The van der Waals surface area contributed by atoms with Crippen LogP contribution in [0.2, 0.25) is 5.02 Å². The van der Waals surface area contributed by atoms with E-state index in [1.54, 1.807) is 18.2 Å². The molecule has 8 heteroatoms. The molecule has 134 valence electrons. The van der Waals surface area contributed by atoms with E-state index in [1.807, 2.05) is 6.92 Å². The maximum absolute atomic E-state index is 12.2. The van der Waals surface area contributed by atoms with Gasteiger partial charge in [0.05, 0.1) is 25.0 Å².